The fraction of sp³-hybridized carbons (Fsp3) is 0.467. The van der Waals surface area contributed by atoms with E-state index < -0.39 is 6.04 Å². The van der Waals surface area contributed by atoms with E-state index in [1.165, 1.54) is 4.90 Å². The lowest BCUT2D eigenvalue weighted by molar-refractivity contribution is -0.132. The van der Waals surface area contributed by atoms with Gasteiger partial charge in [0.1, 0.15) is 6.04 Å². The molecule has 1 N–H and O–H groups in total. The molecule has 1 aromatic carbocycles. The molecule has 0 heterocycles. The third-order valence-corrected chi connectivity index (χ3v) is 3.33. The van der Waals surface area contributed by atoms with Gasteiger partial charge in [0.05, 0.1) is 0 Å². The van der Waals surface area contributed by atoms with Crippen molar-refractivity contribution >= 4 is 23.9 Å². The molecule has 0 fully saturated rings. The number of likely N-dealkylation sites (N-methyl/N-ethyl adjacent to an activating group) is 2. The normalized spacial score (nSPS) is 12.5. The number of rotatable bonds is 5. The van der Waals surface area contributed by atoms with Gasteiger partial charge in [-0.25, -0.2) is 0 Å². The molecule has 1 aromatic rings. The first-order valence-corrected chi connectivity index (χ1v) is 7.04. The molecule has 2 atom stereocenters. The Morgan fingerprint density at radius 2 is 1.90 bits per heavy atom. The summed E-state index contributed by atoms with van der Waals surface area (Å²) in [6.45, 7) is 5.88. The molecule has 0 aliphatic carbocycles. The zero-order chi connectivity index (χ0) is 15.7. The molecule has 0 aliphatic heterocycles. The number of hydrogen-bond donors (Lipinski definition) is 1. The van der Waals surface area contributed by atoms with Crippen molar-refractivity contribution in [3.8, 4) is 0 Å². The van der Waals surface area contributed by atoms with Crippen molar-refractivity contribution in [2.75, 3.05) is 14.1 Å². The summed E-state index contributed by atoms with van der Waals surface area (Å²) in [5.74, 6) is -0.397. The lowest BCUT2D eigenvalue weighted by Gasteiger charge is -2.29. The molecule has 1 rings (SSSR count). The van der Waals surface area contributed by atoms with Crippen molar-refractivity contribution in [2.24, 2.45) is 0 Å². The van der Waals surface area contributed by atoms with Crippen LogP contribution in [-0.2, 0) is 9.59 Å². The van der Waals surface area contributed by atoms with Crippen LogP contribution in [0.5, 0.6) is 0 Å². The van der Waals surface area contributed by atoms with Gasteiger partial charge in [0.25, 0.3) is 0 Å². The number of carbonyl (C=O) groups is 2. The summed E-state index contributed by atoms with van der Waals surface area (Å²) >= 11 is 6.12. The van der Waals surface area contributed by atoms with E-state index in [-0.39, 0.29) is 11.8 Å². The molecule has 2 unspecified atom stereocenters. The Morgan fingerprint density at radius 3 is 2.35 bits per heavy atom. The lowest BCUT2D eigenvalue weighted by Crippen LogP contribution is -2.46. The maximum atomic E-state index is 11.9. The maximum Gasteiger partial charge on any atom is 0.243 e. The van der Waals surface area contributed by atoms with Crippen LogP contribution in [0.3, 0.4) is 0 Å². The molecule has 2 amide bonds. The standard InChI is InChI=1S/C13H17ClN2O2.C2H6/c1-9(10-6-4-5-7-11(10)14)12(13(18)15-2)16(3)8-17;1-2/h4-9,12H,1-3H3,(H,15,18);1-2H3. The van der Waals surface area contributed by atoms with Crippen molar-refractivity contribution in [3.63, 3.8) is 0 Å². The van der Waals surface area contributed by atoms with E-state index in [4.69, 9.17) is 11.6 Å². The third-order valence-electron chi connectivity index (χ3n) is 2.99. The predicted octanol–water partition coefficient (Wildman–Crippen LogP) is 2.67. The van der Waals surface area contributed by atoms with Gasteiger partial charge in [-0.2, -0.15) is 0 Å². The zero-order valence-corrected chi connectivity index (χ0v) is 13.4. The van der Waals surface area contributed by atoms with Crippen LogP contribution in [0.25, 0.3) is 0 Å². The minimum absolute atomic E-state index is 0.186. The molecule has 0 radical (unpaired) electrons. The van der Waals surface area contributed by atoms with Gasteiger partial charge < -0.3 is 10.2 Å². The number of halogens is 1. The number of benzene rings is 1. The second-order valence-electron chi connectivity index (χ2n) is 4.14. The number of amides is 2. The van der Waals surface area contributed by atoms with Crippen molar-refractivity contribution in [1.82, 2.24) is 10.2 Å². The van der Waals surface area contributed by atoms with Crippen LogP contribution in [0.2, 0.25) is 5.02 Å². The van der Waals surface area contributed by atoms with Crippen molar-refractivity contribution < 1.29 is 9.59 Å². The molecule has 20 heavy (non-hydrogen) atoms. The number of carbonyl (C=O) groups excluding carboxylic acids is 2. The average molecular weight is 299 g/mol. The van der Waals surface area contributed by atoms with E-state index in [1.54, 1.807) is 20.2 Å². The maximum absolute atomic E-state index is 11.9. The van der Waals surface area contributed by atoms with Gasteiger partial charge in [-0.05, 0) is 11.6 Å². The van der Waals surface area contributed by atoms with Crippen molar-refractivity contribution in [2.45, 2.75) is 32.7 Å². The summed E-state index contributed by atoms with van der Waals surface area (Å²) in [5.41, 5.74) is 0.849. The molecule has 5 heteroatoms. The average Bonchev–Trinajstić information content (AvgIpc) is 2.49. The molecule has 112 valence electrons. The Hall–Kier alpha value is -1.55. The smallest absolute Gasteiger partial charge is 0.243 e. The van der Waals surface area contributed by atoms with E-state index in [9.17, 15) is 9.59 Å². The molecule has 0 aliphatic rings. The number of hydrogen-bond acceptors (Lipinski definition) is 2. The van der Waals surface area contributed by atoms with E-state index in [0.717, 1.165) is 5.56 Å². The Labute approximate surface area is 126 Å². The van der Waals surface area contributed by atoms with Crippen LogP contribution in [-0.4, -0.2) is 37.4 Å². The first-order chi connectivity index (χ1) is 9.52. The highest BCUT2D eigenvalue weighted by molar-refractivity contribution is 6.31. The molecule has 0 bridgehead atoms. The van der Waals surface area contributed by atoms with E-state index in [1.807, 2.05) is 39.0 Å². The van der Waals surface area contributed by atoms with Gasteiger partial charge in [0.2, 0.25) is 12.3 Å². The SMILES string of the molecule is CC.CNC(=O)C(C(C)c1ccccc1Cl)N(C)C=O. The van der Waals surface area contributed by atoms with Gasteiger partial charge >= 0.3 is 0 Å². The number of nitrogens with one attached hydrogen (secondary N) is 1. The van der Waals surface area contributed by atoms with Crippen LogP contribution < -0.4 is 5.32 Å². The number of nitrogens with zero attached hydrogens (tertiary/aromatic N) is 1. The Kier molecular flexibility index (Phi) is 8.64. The van der Waals surface area contributed by atoms with Gasteiger partial charge in [0.15, 0.2) is 0 Å². The first-order valence-electron chi connectivity index (χ1n) is 6.66. The highest BCUT2D eigenvalue weighted by Gasteiger charge is 2.29. The second-order valence-corrected chi connectivity index (χ2v) is 4.55. The molecular weight excluding hydrogens is 276 g/mol. The lowest BCUT2D eigenvalue weighted by atomic mass is 9.92. The van der Waals surface area contributed by atoms with Crippen molar-refractivity contribution in [1.29, 1.82) is 0 Å². The molecule has 0 saturated heterocycles. The van der Waals surface area contributed by atoms with E-state index >= 15 is 0 Å². The van der Waals surface area contributed by atoms with Crippen LogP contribution in [0.15, 0.2) is 24.3 Å². The quantitative estimate of drug-likeness (QED) is 0.850. The first kappa shape index (κ1) is 18.4. The predicted molar refractivity (Wildman–Crippen MR) is 82.9 cm³/mol. The van der Waals surface area contributed by atoms with Gasteiger partial charge in [0, 0.05) is 25.0 Å². The third kappa shape index (κ3) is 4.53. The largest absolute Gasteiger partial charge is 0.357 e. The Morgan fingerprint density at radius 1 is 1.35 bits per heavy atom. The molecule has 0 spiro atoms. The summed E-state index contributed by atoms with van der Waals surface area (Å²) in [7, 11) is 3.13. The summed E-state index contributed by atoms with van der Waals surface area (Å²) in [4.78, 5) is 24.1. The van der Waals surface area contributed by atoms with Crippen LogP contribution in [0, 0.1) is 0 Å². The van der Waals surface area contributed by atoms with E-state index in [0.29, 0.717) is 11.4 Å². The second kappa shape index (κ2) is 9.37. The molecule has 0 saturated carbocycles. The minimum Gasteiger partial charge on any atom is -0.357 e. The van der Waals surface area contributed by atoms with Gasteiger partial charge in [-0.3, -0.25) is 9.59 Å². The van der Waals surface area contributed by atoms with E-state index in [2.05, 4.69) is 5.32 Å². The Balaban J connectivity index is 0.00000172. The van der Waals surface area contributed by atoms with Crippen molar-refractivity contribution in [3.05, 3.63) is 34.9 Å². The van der Waals surface area contributed by atoms with Crippen LogP contribution >= 0.6 is 11.6 Å². The molecular formula is C15H23ClN2O2. The fourth-order valence-corrected chi connectivity index (χ4v) is 2.30. The summed E-state index contributed by atoms with van der Waals surface area (Å²) in [5, 5.41) is 3.16. The zero-order valence-electron chi connectivity index (χ0n) is 12.7. The van der Waals surface area contributed by atoms with Gasteiger partial charge in [-0.1, -0.05) is 50.6 Å². The fourth-order valence-electron chi connectivity index (χ4n) is 1.99. The Bertz CT molecular complexity index is 438. The van der Waals surface area contributed by atoms with Crippen LogP contribution in [0.4, 0.5) is 0 Å². The molecule has 0 aromatic heterocycles. The summed E-state index contributed by atoms with van der Waals surface area (Å²) in [6, 6.07) is 6.75. The highest BCUT2D eigenvalue weighted by atomic mass is 35.5. The van der Waals surface area contributed by atoms with Crippen LogP contribution in [0.1, 0.15) is 32.3 Å². The topological polar surface area (TPSA) is 49.4 Å². The minimum atomic E-state index is -0.576. The molecule has 4 nitrogen and oxygen atoms in total. The van der Waals surface area contributed by atoms with Gasteiger partial charge in [-0.15, -0.1) is 0 Å². The highest BCUT2D eigenvalue weighted by Crippen LogP contribution is 2.28. The summed E-state index contributed by atoms with van der Waals surface area (Å²) in [6.07, 6.45) is 0.646. The monoisotopic (exact) mass is 298 g/mol. The summed E-state index contributed by atoms with van der Waals surface area (Å²) < 4.78 is 0.